The number of Topliss-reactive ketones (excluding diaryl/α,β-unsaturated/α-hetero) is 1. The lowest BCUT2D eigenvalue weighted by atomic mass is 9.87. The monoisotopic (exact) mass is 176 g/mol. The Morgan fingerprint density at radius 1 is 1.42 bits per heavy atom. The Balaban J connectivity index is 2.49. The van der Waals surface area contributed by atoms with Crippen LogP contribution in [0.5, 0.6) is 0 Å². The van der Waals surface area contributed by atoms with Crippen LogP contribution >= 0.6 is 0 Å². The van der Waals surface area contributed by atoms with E-state index in [1.54, 1.807) is 20.8 Å². The molecule has 1 nitrogen and oxygen atoms in total. The molecule has 0 aromatic carbocycles. The number of hydrogen-bond acceptors (Lipinski definition) is 1. The Labute approximate surface area is 71.1 Å². The predicted molar refractivity (Wildman–Crippen MR) is 42.1 cm³/mol. The summed E-state index contributed by atoms with van der Waals surface area (Å²) in [5, 5.41) is 0. The highest BCUT2D eigenvalue weighted by Gasteiger charge is 2.51. The zero-order valence-electron chi connectivity index (χ0n) is 7.60. The van der Waals surface area contributed by atoms with Crippen LogP contribution in [0.15, 0.2) is 0 Å². The van der Waals surface area contributed by atoms with Crippen LogP contribution in [0.2, 0.25) is 0 Å². The van der Waals surface area contributed by atoms with E-state index in [0.717, 1.165) is 0 Å². The molecular weight excluding hydrogens is 162 g/mol. The molecule has 1 aliphatic rings. The molecule has 0 heterocycles. The number of halogens is 2. The van der Waals surface area contributed by atoms with Gasteiger partial charge in [-0.2, -0.15) is 0 Å². The Morgan fingerprint density at radius 3 is 2.17 bits per heavy atom. The first-order valence-corrected chi connectivity index (χ1v) is 4.16. The summed E-state index contributed by atoms with van der Waals surface area (Å²) in [4.78, 5) is 11.4. The van der Waals surface area contributed by atoms with Crippen LogP contribution < -0.4 is 0 Å². The van der Waals surface area contributed by atoms with E-state index in [-0.39, 0.29) is 11.7 Å². The highest BCUT2D eigenvalue weighted by molar-refractivity contribution is 5.88. The molecule has 12 heavy (non-hydrogen) atoms. The van der Waals surface area contributed by atoms with Crippen LogP contribution in [-0.4, -0.2) is 12.2 Å². The third kappa shape index (κ3) is 1.82. The summed E-state index contributed by atoms with van der Waals surface area (Å²) in [5.41, 5.74) is -0.464. The fourth-order valence-corrected chi connectivity index (χ4v) is 1.35. The van der Waals surface area contributed by atoms with E-state index in [1.165, 1.54) is 0 Å². The summed E-state index contributed by atoms with van der Waals surface area (Å²) in [6.45, 7) is 5.32. The fraction of sp³-hybridized carbons (Fsp3) is 0.889. The fourth-order valence-electron chi connectivity index (χ4n) is 1.35. The predicted octanol–water partition coefficient (Wildman–Crippen LogP) is 2.50. The van der Waals surface area contributed by atoms with Crippen LogP contribution in [0.1, 0.15) is 27.2 Å². The van der Waals surface area contributed by atoms with Gasteiger partial charge in [0.1, 0.15) is 5.78 Å². The van der Waals surface area contributed by atoms with Crippen molar-refractivity contribution in [2.45, 2.75) is 33.6 Å². The third-order valence-corrected chi connectivity index (χ3v) is 2.24. The summed E-state index contributed by atoms with van der Waals surface area (Å²) in [7, 11) is 0. The zero-order valence-corrected chi connectivity index (χ0v) is 7.60. The molecule has 0 aromatic rings. The van der Waals surface area contributed by atoms with E-state index in [4.69, 9.17) is 0 Å². The average molecular weight is 176 g/mol. The van der Waals surface area contributed by atoms with Crippen molar-refractivity contribution < 1.29 is 13.6 Å². The highest BCUT2D eigenvalue weighted by Crippen LogP contribution is 2.46. The smallest absolute Gasteiger partial charge is 0.242 e. The van der Waals surface area contributed by atoms with Gasteiger partial charge in [-0.25, -0.2) is 8.78 Å². The van der Waals surface area contributed by atoms with Crippen molar-refractivity contribution in [1.82, 2.24) is 0 Å². The van der Waals surface area contributed by atoms with Crippen molar-refractivity contribution in [3.63, 3.8) is 0 Å². The third-order valence-electron chi connectivity index (χ3n) is 2.24. The van der Waals surface area contributed by atoms with Gasteiger partial charge in [-0.3, -0.25) is 4.79 Å². The van der Waals surface area contributed by atoms with Gasteiger partial charge in [0.25, 0.3) is 0 Å². The SMILES string of the molecule is CC(C)(C)C(=O)[C@@H]1C[C@@H]1C(F)F. The molecule has 0 radical (unpaired) electrons. The number of rotatable bonds is 2. The number of ketones is 1. The minimum absolute atomic E-state index is 0.0206. The largest absolute Gasteiger partial charge is 0.299 e. The number of hydrogen-bond donors (Lipinski definition) is 0. The number of carbonyl (C=O) groups is 1. The Morgan fingerprint density at radius 2 is 1.92 bits per heavy atom. The highest BCUT2D eigenvalue weighted by atomic mass is 19.3. The minimum atomic E-state index is -2.32. The molecule has 0 unspecified atom stereocenters. The van der Waals surface area contributed by atoms with Gasteiger partial charge in [0, 0.05) is 17.3 Å². The van der Waals surface area contributed by atoms with Crippen molar-refractivity contribution in [3.8, 4) is 0 Å². The van der Waals surface area contributed by atoms with Gasteiger partial charge >= 0.3 is 0 Å². The summed E-state index contributed by atoms with van der Waals surface area (Å²) < 4.78 is 24.1. The van der Waals surface area contributed by atoms with Crippen LogP contribution in [0.4, 0.5) is 8.78 Å². The number of alkyl halides is 2. The van der Waals surface area contributed by atoms with Crippen molar-refractivity contribution >= 4 is 5.78 Å². The topological polar surface area (TPSA) is 17.1 Å². The molecule has 1 fully saturated rings. The molecule has 1 saturated carbocycles. The maximum atomic E-state index is 12.1. The molecule has 1 rings (SSSR count). The maximum Gasteiger partial charge on any atom is 0.242 e. The van der Waals surface area contributed by atoms with E-state index in [1.807, 2.05) is 0 Å². The van der Waals surface area contributed by atoms with Crippen molar-refractivity contribution in [2.24, 2.45) is 17.3 Å². The first-order valence-electron chi connectivity index (χ1n) is 4.16. The van der Waals surface area contributed by atoms with E-state index in [0.29, 0.717) is 6.42 Å². The second-order valence-corrected chi connectivity index (χ2v) is 4.45. The van der Waals surface area contributed by atoms with Crippen LogP contribution in [0.3, 0.4) is 0 Å². The normalized spacial score (nSPS) is 29.2. The van der Waals surface area contributed by atoms with Crippen LogP contribution in [0, 0.1) is 17.3 Å². The Kier molecular flexibility index (Phi) is 2.23. The molecule has 70 valence electrons. The quantitative estimate of drug-likeness (QED) is 0.631. The maximum absolute atomic E-state index is 12.1. The van der Waals surface area contributed by atoms with Gasteiger partial charge < -0.3 is 0 Å². The lowest BCUT2D eigenvalue weighted by Gasteiger charge is -2.16. The van der Waals surface area contributed by atoms with Crippen molar-refractivity contribution in [1.29, 1.82) is 0 Å². The molecular formula is C9H14F2O. The van der Waals surface area contributed by atoms with Gasteiger partial charge in [0.2, 0.25) is 6.43 Å². The zero-order chi connectivity index (χ0) is 9.52. The van der Waals surface area contributed by atoms with Gasteiger partial charge in [-0.15, -0.1) is 0 Å². The van der Waals surface area contributed by atoms with Crippen LogP contribution in [0.25, 0.3) is 0 Å². The van der Waals surface area contributed by atoms with Gasteiger partial charge in [-0.05, 0) is 6.42 Å². The lowest BCUT2D eigenvalue weighted by molar-refractivity contribution is -0.128. The van der Waals surface area contributed by atoms with E-state index in [9.17, 15) is 13.6 Å². The first-order chi connectivity index (χ1) is 5.34. The molecule has 0 N–H and O–H groups in total. The summed E-state index contributed by atoms with van der Waals surface area (Å²) >= 11 is 0. The Hall–Kier alpha value is -0.470. The second-order valence-electron chi connectivity index (χ2n) is 4.45. The molecule has 0 aromatic heterocycles. The summed E-state index contributed by atoms with van der Waals surface area (Å²) in [6.07, 6.45) is -1.94. The van der Waals surface area contributed by atoms with E-state index in [2.05, 4.69) is 0 Å². The summed E-state index contributed by atoms with van der Waals surface area (Å²) in [5.74, 6) is -1.05. The lowest BCUT2D eigenvalue weighted by Crippen LogP contribution is -2.23. The molecule has 1 aliphatic carbocycles. The minimum Gasteiger partial charge on any atom is -0.299 e. The van der Waals surface area contributed by atoms with Crippen LogP contribution in [-0.2, 0) is 4.79 Å². The Bertz CT molecular complexity index is 193. The molecule has 0 saturated heterocycles. The molecule has 0 spiro atoms. The van der Waals surface area contributed by atoms with Gasteiger partial charge in [0.05, 0.1) is 0 Å². The average Bonchev–Trinajstić information content (AvgIpc) is 2.61. The molecule has 3 heteroatoms. The standard InChI is InChI=1S/C9H14F2O/c1-9(2,3)7(12)5-4-6(5)8(10)11/h5-6,8H,4H2,1-3H3/t5-,6+/m1/s1. The molecule has 0 aliphatic heterocycles. The first kappa shape index (κ1) is 9.62. The van der Waals surface area contributed by atoms with E-state index >= 15 is 0 Å². The van der Waals surface area contributed by atoms with Crippen molar-refractivity contribution in [2.75, 3.05) is 0 Å². The van der Waals surface area contributed by atoms with Gasteiger partial charge in [-0.1, -0.05) is 20.8 Å². The van der Waals surface area contributed by atoms with Gasteiger partial charge in [0.15, 0.2) is 0 Å². The second kappa shape index (κ2) is 2.79. The van der Waals surface area contributed by atoms with E-state index < -0.39 is 17.8 Å². The van der Waals surface area contributed by atoms with Crippen molar-refractivity contribution in [3.05, 3.63) is 0 Å². The molecule has 2 atom stereocenters. The molecule has 0 amide bonds. The molecule has 0 bridgehead atoms. The number of carbonyl (C=O) groups excluding carboxylic acids is 1. The summed E-state index contributed by atoms with van der Waals surface area (Å²) in [6, 6.07) is 0.